The molecule has 0 aliphatic heterocycles. The number of carbonyl (C=O) groups excluding carboxylic acids is 2. The van der Waals surface area contributed by atoms with Crippen LogP contribution in [-0.4, -0.2) is 35.3 Å². The minimum atomic E-state index is -0.526. The van der Waals surface area contributed by atoms with Crippen LogP contribution < -0.4 is 5.32 Å². The van der Waals surface area contributed by atoms with Crippen LogP contribution in [-0.2, 0) is 9.53 Å². The van der Waals surface area contributed by atoms with Crippen molar-refractivity contribution in [2.45, 2.75) is 6.92 Å². The van der Waals surface area contributed by atoms with Gasteiger partial charge in [0.25, 0.3) is 5.91 Å². The summed E-state index contributed by atoms with van der Waals surface area (Å²) >= 11 is 7.19. The van der Waals surface area contributed by atoms with Crippen LogP contribution in [0.4, 0.5) is 0 Å². The third-order valence-corrected chi connectivity index (χ3v) is 4.77. The Kier molecular flexibility index (Phi) is 4.55. The fourth-order valence-corrected chi connectivity index (χ4v) is 3.38. The van der Waals surface area contributed by atoms with Crippen molar-refractivity contribution in [1.82, 2.24) is 15.1 Å². The van der Waals surface area contributed by atoms with Crippen LogP contribution in [0.15, 0.2) is 30.3 Å². The van der Waals surface area contributed by atoms with E-state index in [0.717, 1.165) is 21.6 Å². The molecule has 3 rings (SSSR count). The number of carbonyl (C=O) groups is 2. The van der Waals surface area contributed by atoms with Gasteiger partial charge in [-0.2, -0.15) is 5.10 Å². The zero-order chi connectivity index (χ0) is 17.3. The molecule has 3 aromatic rings. The molecule has 2 heterocycles. The van der Waals surface area contributed by atoms with Gasteiger partial charge in [-0.1, -0.05) is 11.6 Å². The Morgan fingerprint density at radius 3 is 2.71 bits per heavy atom. The van der Waals surface area contributed by atoms with E-state index in [-0.39, 0.29) is 12.5 Å². The Bertz CT molecular complexity index is 915. The van der Waals surface area contributed by atoms with Gasteiger partial charge in [0.2, 0.25) is 0 Å². The summed E-state index contributed by atoms with van der Waals surface area (Å²) in [6, 6.07) is 9.02. The number of nitrogens with zero attached hydrogens (tertiary/aromatic N) is 2. The van der Waals surface area contributed by atoms with Crippen molar-refractivity contribution in [1.29, 1.82) is 0 Å². The highest BCUT2D eigenvalue weighted by Gasteiger charge is 2.18. The Balaban J connectivity index is 1.94. The maximum absolute atomic E-state index is 12.1. The molecule has 0 spiro atoms. The number of hydrogen-bond acceptors (Lipinski definition) is 5. The monoisotopic (exact) mass is 363 g/mol. The number of nitrogens with one attached hydrogen (secondary N) is 1. The molecule has 1 aromatic carbocycles. The minimum Gasteiger partial charge on any atom is -0.451 e. The van der Waals surface area contributed by atoms with Gasteiger partial charge in [-0.05, 0) is 37.3 Å². The molecule has 0 radical (unpaired) electrons. The number of aromatic nitrogens is 2. The van der Waals surface area contributed by atoms with Gasteiger partial charge in [0.1, 0.15) is 9.71 Å². The van der Waals surface area contributed by atoms with E-state index in [1.54, 1.807) is 22.9 Å². The van der Waals surface area contributed by atoms with Crippen molar-refractivity contribution in [3.63, 3.8) is 0 Å². The quantitative estimate of drug-likeness (QED) is 0.723. The average molecular weight is 364 g/mol. The molecule has 1 amide bonds. The molecule has 2 aromatic heterocycles. The van der Waals surface area contributed by atoms with Gasteiger partial charge >= 0.3 is 5.97 Å². The lowest BCUT2D eigenvalue weighted by molar-refractivity contribution is -0.123. The second-order valence-corrected chi connectivity index (χ2v) is 6.52. The van der Waals surface area contributed by atoms with Gasteiger partial charge in [-0.15, -0.1) is 11.3 Å². The van der Waals surface area contributed by atoms with Crippen molar-refractivity contribution in [3.05, 3.63) is 45.9 Å². The number of hydrogen-bond donors (Lipinski definition) is 1. The summed E-state index contributed by atoms with van der Waals surface area (Å²) in [6.07, 6.45) is 0. The lowest BCUT2D eigenvalue weighted by atomic mass is 10.3. The number of fused-ring (bicyclic) bond motifs is 1. The smallest absolute Gasteiger partial charge is 0.348 e. The number of halogens is 1. The Labute approximate surface area is 147 Å². The van der Waals surface area contributed by atoms with E-state index in [4.69, 9.17) is 16.3 Å². The molecule has 0 saturated carbocycles. The van der Waals surface area contributed by atoms with Crippen molar-refractivity contribution < 1.29 is 14.3 Å². The molecule has 0 unspecified atom stereocenters. The van der Waals surface area contributed by atoms with Crippen LogP contribution in [0.2, 0.25) is 5.02 Å². The molecular weight excluding hydrogens is 350 g/mol. The number of amides is 1. The largest absolute Gasteiger partial charge is 0.451 e. The standard InChI is InChI=1S/C16H14ClN3O3S/c1-9-12-7-13(16(22)23-8-14(21)18-2)24-15(12)20(19-9)11-5-3-10(17)4-6-11/h3-7H,8H2,1-2H3,(H,18,21). The summed E-state index contributed by atoms with van der Waals surface area (Å²) in [5.74, 6) is -0.880. The molecule has 0 fully saturated rings. The lowest BCUT2D eigenvalue weighted by Crippen LogP contribution is -2.24. The Morgan fingerprint density at radius 2 is 2.04 bits per heavy atom. The van der Waals surface area contributed by atoms with Crippen molar-refractivity contribution in [2.75, 3.05) is 13.7 Å². The number of rotatable bonds is 4. The van der Waals surface area contributed by atoms with Gasteiger partial charge in [0.05, 0.1) is 11.4 Å². The molecule has 0 aliphatic rings. The summed E-state index contributed by atoms with van der Waals surface area (Å²) in [6.45, 7) is 1.58. The molecule has 1 N–H and O–H groups in total. The van der Waals surface area contributed by atoms with Crippen LogP contribution in [0.25, 0.3) is 15.9 Å². The molecule has 124 valence electrons. The molecule has 8 heteroatoms. The number of ether oxygens (including phenoxy) is 1. The molecular formula is C16H14ClN3O3S. The molecule has 0 aliphatic carbocycles. The first-order valence-electron chi connectivity index (χ1n) is 7.12. The van der Waals surface area contributed by atoms with E-state index in [1.165, 1.54) is 18.4 Å². The highest BCUT2D eigenvalue weighted by atomic mass is 35.5. The SMILES string of the molecule is CNC(=O)COC(=O)c1cc2c(C)nn(-c3ccc(Cl)cc3)c2s1. The molecule has 24 heavy (non-hydrogen) atoms. The highest BCUT2D eigenvalue weighted by Crippen LogP contribution is 2.31. The third kappa shape index (κ3) is 3.13. The predicted molar refractivity (Wildman–Crippen MR) is 93.0 cm³/mol. The van der Waals surface area contributed by atoms with Crippen molar-refractivity contribution >= 4 is 45.0 Å². The van der Waals surface area contributed by atoms with Gasteiger partial charge < -0.3 is 10.1 Å². The van der Waals surface area contributed by atoms with E-state index in [1.807, 2.05) is 19.1 Å². The van der Waals surface area contributed by atoms with E-state index < -0.39 is 5.97 Å². The summed E-state index contributed by atoms with van der Waals surface area (Å²) < 4.78 is 6.76. The zero-order valence-corrected chi connectivity index (χ0v) is 14.6. The maximum Gasteiger partial charge on any atom is 0.348 e. The summed E-state index contributed by atoms with van der Waals surface area (Å²) in [7, 11) is 1.49. The van der Waals surface area contributed by atoms with Crippen molar-refractivity contribution in [3.8, 4) is 5.69 Å². The van der Waals surface area contributed by atoms with Crippen LogP contribution in [0, 0.1) is 6.92 Å². The van der Waals surface area contributed by atoms with E-state index in [9.17, 15) is 9.59 Å². The van der Waals surface area contributed by atoms with Gasteiger partial charge in [0, 0.05) is 17.5 Å². The van der Waals surface area contributed by atoms with E-state index in [0.29, 0.717) is 9.90 Å². The van der Waals surface area contributed by atoms with Crippen LogP contribution >= 0.6 is 22.9 Å². The average Bonchev–Trinajstić information content (AvgIpc) is 3.14. The number of likely N-dealkylation sites (N-methyl/N-ethyl adjacent to an activating group) is 1. The summed E-state index contributed by atoms with van der Waals surface area (Å²) in [5.41, 5.74) is 1.66. The van der Waals surface area contributed by atoms with Gasteiger partial charge in [-0.3, -0.25) is 4.79 Å². The van der Waals surface area contributed by atoms with E-state index >= 15 is 0 Å². The number of aryl methyl sites for hydroxylation is 1. The van der Waals surface area contributed by atoms with E-state index in [2.05, 4.69) is 10.4 Å². The van der Waals surface area contributed by atoms with Crippen LogP contribution in [0.5, 0.6) is 0 Å². The number of esters is 1. The molecule has 6 nitrogen and oxygen atoms in total. The first kappa shape index (κ1) is 16.5. The van der Waals surface area contributed by atoms with Crippen molar-refractivity contribution in [2.24, 2.45) is 0 Å². The first-order chi connectivity index (χ1) is 11.5. The normalized spacial score (nSPS) is 10.8. The summed E-state index contributed by atoms with van der Waals surface area (Å²) in [5, 5.41) is 8.42. The zero-order valence-electron chi connectivity index (χ0n) is 13.0. The predicted octanol–water partition coefficient (Wildman–Crippen LogP) is 2.95. The lowest BCUT2D eigenvalue weighted by Gasteiger charge is -2.03. The number of thiophene rings is 1. The minimum absolute atomic E-state index is 0.300. The summed E-state index contributed by atoms with van der Waals surface area (Å²) in [4.78, 5) is 24.5. The molecule has 0 atom stereocenters. The second kappa shape index (κ2) is 6.62. The first-order valence-corrected chi connectivity index (χ1v) is 8.32. The topological polar surface area (TPSA) is 73.2 Å². The van der Waals surface area contributed by atoms with Gasteiger partial charge in [-0.25, -0.2) is 9.48 Å². The highest BCUT2D eigenvalue weighted by molar-refractivity contribution is 7.20. The van der Waals surface area contributed by atoms with Crippen LogP contribution in [0.3, 0.4) is 0 Å². The third-order valence-electron chi connectivity index (χ3n) is 3.43. The van der Waals surface area contributed by atoms with Crippen LogP contribution in [0.1, 0.15) is 15.4 Å². The Morgan fingerprint density at radius 1 is 1.33 bits per heavy atom. The molecule has 0 bridgehead atoms. The second-order valence-electron chi connectivity index (χ2n) is 5.05. The fourth-order valence-electron chi connectivity index (χ4n) is 2.18. The Hall–Kier alpha value is -2.38. The number of benzene rings is 1. The fraction of sp³-hybridized carbons (Fsp3) is 0.188. The van der Waals surface area contributed by atoms with Gasteiger partial charge in [0.15, 0.2) is 6.61 Å². The molecule has 0 saturated heterocycles. The maximum atomic E-state index is 12.1.